The van der Waals surface area contributed by atoms with Crippen molar-refractivity contribution in [3.63, 3.8) is 0 Å². The fourth-order valence-corrected chi connectivity index (χ4v) is 1.38. The van der Waals surface area contributed by atoms with Crippen molar-refractivity contribution in [2.24, 2.45) is 5.92 Å². The van der Waals surface area contributed by atoms with Crippen LogP contribution in [0.3, 0.4) is 0 Å². The van der Waals surface area contributed by atoms with Gasteiger partial charge in [0.05, 0.1) is 0 Å². The number of rotatable bonds is 2. The minimum Gasteiger partial charge on any atom is -0.293 e. The summed E-state index contributed by atoms with van der Waals surface area (Å²) in [6, 6.07) is 0. The highest BCUT2D eigenvalue weighted by molar-refractivity contribution is 8.00. The van der Waals surface area contributed by atoms with Crippen LogP contribution in [0.1, 0.15) is 0 Å². The normalized spacial score (nSPS) is 19.9. The van der Waals surface area contributed by atoms with Crippen molar-refractivity contribution in [3.05, 3.63) is 0 Å². The lowest BCUT2D eigenvalue weighted by Crippen LogP contribution is -2.31. The lowest BCUT2D eigenvalue weighted by atomic mass is 10.1. The summed E-state index contributed by atoms with van der Waals surface area (Å²) in [4.78, 5) is 10.4. The van der Waals surface area contributed by atoms with E-state index in [0.29, 0.717) is 11.5 Å². The molecule has 1 rings (SSSR count). The maximum absolute atomic E-state index is 11.5. The quantitative estimate of drug-likeness (QED) is 0.591. The minimum atomic E-state index is -2.75. The van der Waals surface area contributed by atoms with Crippen LogP contribution in [-0.2, 0) is 4.79 Å². The van der Waals surface area contributed by atoms with Gasteiger partial charge in [0, 0.05) is 17.4 Å². The van der Waals surface area contributed by atoms with Crippen LogP contribution in [0, 0.1) is 5.92 Å². The fraction of sp³-hybridized carbons (Fsp3) is 0.800. The fourth-order valence-electron chi connectivity index (χ4n) is 0.578. The smallest absolute Gasteiger partial charge is 0.293 e. The van der Waals surface area contributed by atoms with Crippen LogP contribution in [-0.4, -0.2) is 23.7 Å². The van der Waals surface area contributed by atoms with Gasteiger partial charge in [0.15, 0.2) is 0 Å². The molecule has 9 heavy (non-hydrogen) atoms. The van der Waals surface area contributed by atoms with Gasteiger partial charge in [-0.15, -0.1) is 0 Å². The van der Waals surface area contributed by atoms with Crippen LogP contribution < -0.4 is 0 Å². The first-order chi connectivity index (χ1) is 4.22. The van der Waals surface area contributed by atoms with Gasteiger partial charge in [-0.2, -0.15) is 11.8 Å². The standard InChI is InChI=1S/C5H6F2OS/c6-5(7)4(8)3-1-9-2-3/h3,5H,1-2H2. The van der Waals surface area contributed by atoms with Gasteiger partial charge < -0.3 is 0 Å². The van der Waals surface area contributed by atoms with E-state index >= 15 is 0 Å². The molecule has 0 unspecified atom stereocenters. The molecule has 0 aromatic rings. The Hall–Kier alpha value is -0.120. The van der Waals surface area contributed by atoms with E-state index in [1.54, 1.807) is 0 Å². The van der Waals surface area contributed by atoms with Crippen molar-refractivity contribution in [1.82, 2.24) is 0 Å². The number of carbonyl (C=O) groups is 1. The van der Waals surface area contributed by atoms with Crippen LogP contribution in [0.15, 0.2) is 0 Å². The Morgan fingerprint density at radius 1 is 1.56 bits per heavy atom. The Balaban J connectivity index is 2.32. The van der Waals surface area contributed by atoms with Gasteiger partial charge in [-0.05, 0) is 0 Å². The molecule has 1 heterocycles. The minimum absolute atomic E-state index is 0.352. The molecule has 0 bridgehead atoms. The molecule has 1 aliphatic rings. The van der Waals surface area contributed by atoms with E-state index in [0.717, 1.165) is 0 Å². The van der Waals surface area contributed by atoms with E-state index in [9.17, 15) is 13.6 Å². The number of thioether (sulfide) groups is 1. The first kappa shape index (κ1) is 6.99. The molecule has 1 nitrogen and oxygen atoms in total. The number of Topliss-reactive ketones (excluding diaryl/α,β-unsaturated/α-hetero) is 1. The molecular weight excluding hydrogens is 146 g/mol. The van der Waals surface area contributed by atoms with E-state index in [1.807, 2.05) is 0 Å². The van der Waals surface area contributed by atoms with Gasteiger partial charge in [0.1, 0.15) is 0 Å². The molecule has 4 heteroatoms. The van der Waals surface area contributed by atoms with Crippen LogP contribution in [0.25, 0.3) is 0 Å². The molecule has 1 saturated heterocycles. The zero-order valence-corrected chi connectivity index (χ0v) is 5.46. The van der Waals surface area contributed by atoms with Gasteiger partial charge in [0.25, 0.3) is 6.43 Å². The summed E-state index contributed by atoms with van der Waals surface area (Å²) < 4.78 is 23.1. The van der Waals surface area contributed by atoms with E-state index in [-0.39, 0.29) is 5.92 Å². The molecular formula is C5H6F2OS. The zero-order chi connectivity index (χ0) is 6.85. The third kappa shape index (κ3) is 1.41. The molecule has 0 aliphatic carbocycles. The van der Waals surface area contributed by atoms with Gasteiger partial charge in [-0.25, -0.2) is 8.78 Å². The summed E-state index contributed by atoms with van der Waals surface area (Å²) in [6.45, 7) is 0. The van der Waals surface area contributed by atoms with Crippen molar-refractivity contribution in [1.29, 1.82) is 0 Å². The summed E-state index contributed by atoms with van der Waals surface area (Å²) in [5.41, 5.74) is 0. The first-order valence-electron chi connectivity index (χ1n) is 2.61. The van der Waals surface area contributed by atoms with Crippen molar-refractivity contribution >= 4 is 17.5 Å². The van der Waals surface area contributed by atoms with E-state index in [1.165, 1.54) is 11.8 Å². The Labute approximate surface area is 55.8 Å². The highest BCUT2D eigenvalue weighted by Crippen LogP contribution is 2.26. The Bertz CT molecular complexity index is 122. The molecule has 0 aromatic heterocycles. The highest BCUT2D eigenvalue weighted by Gasteiger charge is 2.31. The molecule has 0 aromatic carbocycles. The molecule has 1 fully saturated rings. The monoisotopic (exact) mass is 152 g/mol. The molecule has 1 aliphatic heterocycles. The number of hydrogen-bond acceptors (Lipinski definition) is 2. The van der Waals surface area contributed by atoms with Gasteiger partial charge in [-0.1, -0.05) is 0 Å². The molecule has 0 atom stereocenters. The number of carbonyl (C=O) groups excluding carboxylic acids is 1. The van der Waals surface area contributed by atoms with Crippen LogP contribution >= 0.6 is 11.8 Å². The zero-order valence-electron chi connectivity index (χ0n) is 4.64. The SMILES string of the molecule is O=C(C(F)F)C1CSC1. The van der Waals surface area contributed by atoms with E-state index in [4.69, 9.17) is 0 Å². The van der Waals surface area contributed by atoms with E-state index in [2.05, 4.69) is 0 Å². The molecule has 0 saturated carbocycles. The lowest BCUT2D eigenvalue weighted by molar-refractivity contribution is -0.132. The molecule has 0 spiro atoms. The Morgan fingerprint density at radius 3 is 2.22 bits per heavy atom. The topological polar surface area (TPSA) is 17.1 Å². The number of hydrogen-bond donors (Lipinski definition) is 0. The highest BCUT2D eigenvalue weighted by atomic mass is 32.2. The van der Waals surface area contributed by atoms with Crippen LogP contribution in [0.2, 0.25) is 0 Å². The third-order valence-corrected chi connectivity index (χ3v) is 2.53. The average Bonchev–Trinajstić information content (AvgIpc) is 1.60. The maximum atomic E-state index is 11.5. The molecule has 0 amide bonds. The summed E-state index contributed by atoms with van der Waals surface area (Å²) in [5, 5.41) is 0. The number of halogens is 2. The predicted molar refractivity (Wildman–Crippen MR) is 31.8 cm³/mol. The molecule has 0 radical (unpaired) electrons. The maximum Gasteiger partial charge on any atom is 0.296 e. The summed E-state index contributed by atoms with van der Waals surface area (Å²) in [6.07, 6.45) is -2.75. The number of ketones is 1. The Morgan fingerprint density at radius 2 is 2.11 bits per heavy atom. The molecule has 52 valence electrons. The number of alkyl halides is 2. The molecule has 0 N–H and O–H groups in total. The van der Waals surface area contributed by atoms with Crippen molar-refractivity contribution in [3.8, 4) is 0 Å². The van der Waals surface area contributed by atoms with Crippen molar-refractivity contribution < 1.29 is 13.6 Å². The van der Waals surface area contributed by atoms with Crippen molar-refractivity contribution in [2.45, 2.75) is 6.43 Å². The van der Waals surface area contributed by atoms with E-state index < -0.39 is 12.2 Å². The largest absolute Gasteiger partial charge is 0.296 e. The van der Waals surface area contributed by atoms with Crippen LogP contribution in [0.4, 0.5) is 8.78 Å². The van der Waals surface area contributed by atoms with Crippen molar-refractivity contribution in [2.75, 3.05) is 11.5 Å². The van der Waals surface area contributed by atoms with Gasteiger partial charge in [-0.3, -0.25) is 4.79 Å². The second-order valence-corrected chi connectivity index (χ2v) is 3.01. The lowest BCUT2D eigenvalue weighted by Gasteiger charge is -2.22. The summed E-state index contributed by atoms with van der Waals surface area (Å²) in [5.74, 6) is -0.0597. The average molecular weight is 152 g/mol. The Kier molecular flexibility index (Phi) is 2.05. The van der Waals surface area contributed by atoms with Gasteiger partial charge >= 0.3 is 0 Å². The third-order valence-electron chi connectivity index (χ3n) is 1.26. The second-order valence-electron chi connectivity index (χ2n) is 1.94. The predicted octanol–water partition coefficient (Wildman–Crippen LogP) is 1.18. The second kappa shape index (κ2) is 2.64. The van der Waals surface area contributed by atoms with Crippen LogP contribution in [0.5, 0.6) is 0 Å². The first-order valence-corrected chi connectivity index (χ1v) is 3.77. The summed E-state index contributed by atoms with van der Waals surface area (Å²) >= 11 is 1.54. The van der Waals surface area contributed by atoms with Gasteiger partial charge in [0.2, 0.25) is 5.78 Å². The summed E-state index contributed by atoms with van der Waals surface area (Å²) in [7, 11) is 0.